The van der Waals surface area contributed by atoms with Crippen LogP contribution in [0, 0.1) is 55.8 Å². The molecule has 0 amide bonds. The van der Waals surface area contributed by atoms with Gasteiger partial charge in [0.1, 0.15) is 6.10 Å². The number of hydrogen-bond donors (Lipinski definition) is 1. The number of ether oxygens (including phenoxy) is 1. The Balaban J connectivity index is 1.31. The molecule has 4 aliphatic rings. The third-order valence-corrected chi connectivity index (χ3v) is 13.2. The van der Waals surface area contributed by atoms with Crippen molar-refractivity contribution in [2.45, 2.75) is 117 Å². The van der Waals surface area contributed by atoms with E-state index in [1.165, 1.54) is 61.4 Å². The van der Waals surface area contributed by atoms with Crippen molar-refractivity contribution >= 4 is 34.6 Å². The van der Waals surface area contributed by atoms with Crippen molar-refractivity contribution in [2.24, 2.45) is 52.3 Å². The quantitative estimate of drug-likeness (QED) is 0.172. The van der Waals surface area contributed by atoms with Crippen LogP contribution >= 0.6 is 22.6 Å². The molecule has 4 fully saturated rings. The highest BCUT2D eigenvalue weighted by atomic mass is 127. The second kappa shape index (κ2) is 12.4. The minimum absolute atomic E-state index is 0.0448. The average molecular weight is 661 g/mol. The lowest BCUT2D eigenvalue weighted by Gasteiger charge is -2.62. The van der Waals surface area contributed by atoms with Crippen LogP contribution in [0.5, 0.6) is 0 Å². The highest BCUT2D eigenvalue weighted by molar-refractivity contribution is 14.1. The molecule has 4 aliphatic carbocycles. The maximum absolute atomic E-state index is 13.1. The number of fused-ring (bicyclic) bond motifs is 5. The fourth-order valence-corrected chi connectivity index (χ4v) is 10.7. The summed E-state index contributed by atoms with van der Waals surface area (Å²) < 4.78 is 7.48. The standard InChI is InChI=1S/C36H53IO3/c1-23(2)7-6-8-24(3)30-16-17-31-29-15-12-26-21-28(38)22-33(36(26,5)32(29)19-20-35(30,31)4)40-34(39)18-11-25-9-13-27(37)14-10-25/h9-11,13-14,18,23-24,26,28-33,38H,6-8,12,15-17,19-22H2,1-5H3/b18-11+/t24-,26?,28+,29+,30-,31+,32+,33?,35-,36-/m1/s1. The first kappa shape index (κ1) is 30.6. The molecule has 0 bridgehead atoms. The van der Waals surface area contributed by atoms with E-state index in [9.17, 15) is 9.90 Å². The van der Waals surface area contributed by atoms with E-state index in [1.807, 2.05) is 30.3 Å². The van der Waals surface area contributed by atoms with Crippen molar-refractivity contribution in [3.63, 3.8) is 0 Å². The first-order valence-electron chi connectivity index (χ1n) is 16.3. The van der Waals surface area contributed by atoms with Crippen LogP contribution in [0.3, 0.4) is 0 Å². The molecule has 0 heterocycles. The van der Waals surface area contributed by atoms with Gasteiger partial charge in [-0.05, 0) is 138 Å². The van der Waals surface area contributed by atoms with E-state index in [0.29, 0.717) is 23.7 Å². The van der Waals surface area contributed by atoms with Crippen LogP contribution < -0.4 is 0 Å². The summed E-state index contributed by atoms with van der Waals surface area (Å²) in [5, 5.41) is 10.9. The number of carbonyl (C=O) groups excluding carboxylic acids is 1. The maximum Gasteiger partial charge on any atom is 0.331 e. The first-order valence-corrected chi connectivity index (χ1v) is 17.4. The highest BCUT2D eigenvalue weighted by Gasteiger charge is 2.63. The monoisotopic (exact) mass is 660 g/mol. The molecule has 0 aromatic heterocycles. The molecule has 40 heavy (non-hydrogen) atoms. The lowest BCUT2D eigenvalue weighted by atomic mass is 9.43. The molecule has 1 aromatic carbocycles. The largest absolute Gasteiger partial charge is 0.459 e. The number of rotatable bonds is 8. The van der Waals surface area contributed by atoms with E-state index >= 15 is 0 Å². The van der Waals surface area contributed by atoms with Crippen LogP contribution in [0.4, 0.5) is 0 Å². The SMILES string of the molecule is CC(C)CCC[C@@H](C)[C@H]1CC[C@H]2[C@@H]3CCC4C[C@H](O)CC(OC(=O)/C=C/c5ccc(I)cc5)[C@@]4(C)[C@H]3CC[C@]12C. The van der Waals surface area contributed by atoms with E-state index in [2.05, 4.69) is 57.2 Å². The summed E-state index contributed by atoms with van der Waals surface area (Å²) in [5.41, 5.74) is 1.42. The van der Waals surface area contributed by atoms with Crippen molar-refractivity contribution in [3.8, 4) is 0 Å². The molecule has 4 heteroatoms. The number of esters is 1. The second-order valence-corrected chi connectivity index (χ2v) is 16.2. The summed E-state index contributed by atoms with van der Waals surface area (Å²) >= 11 is 2.29. The van der Waals surface area contributed by atoms with E-state index in [4.69, 9.17) is 4.74 Å². The third kappa shape index (κ3) is 5.96. The molecule has 3 nitrogen and oxygen atoms in total. The first-order chi connectivity index (χ1) is 19.0. The minimum Gasteiger partial charge on any atom is -0.459 e. The predicted molar refractivity (Wildman–Crippen MR) is 173 cm³/mol. The Morgan fingerprint density at radius 1 is 1.02 bits per heavy atom. The van der Waals surface area contributed by atoms with Gasteiger partial charge in [0.2, 0.25) is 0 Å². The normalized spacial score (nSPS) is 40.0. The Morgan fingerprint density at radius 2 is 1.77 bits per heavy atom. The predicted octanol–water partition coefficient (Wildman–Crippen LogP) is 9.31. The minimum atomic E-state index is -0.371. The van der Waals surface area contributed by atoms with Gasteiger partial charge in [0, 0.05) is 21.5 Å². The molecule has 4 saturated carbocycles. The molecule has 5 rings (SSSR count). The zero-order chi connectivity index (χ0) is 28.7. The molecule has 222 valence electrons. The Bertz CT molecular complexity index is 1050. The van der Waals surface area contributed by atoms with E-state index < -0.39 is 0 Å². The fraction of sp³-hybridized carbons (Fsp3) is 0.750. The Hall–Kier alpha value is -0.880. The van der Waals surface area contributed by atoms with Gasteiger partial charge in [-0.15, -0.1) is 0 Å². The molecule has 2 unspecified atom stereocenters. The summed E-state index contributed by atoms with van der Waals surface area (Å²) in [7, 11) is 0. The van der Waals surface area contributed by atoms with E-state index in [0.717, 1.165) is 41.6 Å². The average Bonchev–Trinajstić information content (AvgIpc) is 3.26. The van der Waals surface area contributed by atoms with Crippen LogP contribution in [0.25, 0.3) is 6.08 Å². The molecule has 0 radical (unpaired) electrons. The number of aliphatic hydroxyl groups is 1. The van der Waals surface area contributed by atoms with Gasteiger partial charge in [-0.1, -0.05) is 66.0 Å². The molecule has 10 atom stereocenters. The summed E-state index contributed by atoms with van der Waals surface area (Å²) in [5.74, 6) is 4.75. The molecule has 0 saturated heterocycles. The highest BCUT2D eigenvalue weighted by Crippen LogP contribution is 2.68. The molecular formula is C36H53IO3. The second-order valence-electron chi connectivity index (χ2n) is 15.0. The number of halogens is 1. The summed E-state index contributed by atoms with van der Waals surface area (Å²) in [4.78, 5) is 13.1. The lowest BCUT2D eigenvalue weighted by molar-refractivity contribution is -0.200. The van der Waals surface area contributed by atoms with Crippen molar-refractivity contribution < 1.29 is 14.6 Å². The zero-order valence-corrected chi connectivity index (χ0v) is 27.7. The van der Waals surface area contributed by atoms with Crippen LogP contribution in [0.15, 0.2) is 30.3 Å². The van der Waals surface area contributed by atoms with Gasteiger partial charge in [0.15, 0.2) is 0 Å². The molecule has 1 N–H and O–H groups in total. The zero-order valence-electron chi connectivity index (χ0n) is 25.6. The molecular weight excluding hydrogens is 607 g/mol. The summed E-state index contributed by atoms with van der Waals surface area (Å²) in [6.45, 7) is 12.3. The number of aliphatic hydroxyl groups excluding tert-OH is 1. The van der Waals surface area contributed by atoms with Crippen molar-refractivity contribution in [1.29, 1.82) is 0 Å². The van der Waals surface area contributed by atoms with Gasteiger partial charge >= 0.3 is 5.97 Å². The maximum atomic E-state index is 13.1. The van der Waals surface area contributed by atoms with Crippen LogP contribution in [0.2, 0.25) is 0 Å². The Morgan fingerprint density at radius 3 is 2.50 bits per heavy atom. The van der Waals surface area contributed by atoms with Crippen molar-refractivity contribution in [1.82, 2.24) is 0 Å². The van der Waals surface area contributed by atoms with Gasteiger partial charge < -0.3 is 9.84 Å². The molecule has 1 aromatic rings. The van der Waals surface area contributed by atoms with Gasteiger partial charge in [0.25, 0.3) is 0 Å². The summed E-state index contributed by atoms with van der Waals surface area (Å²) in [6.07, 6.45) is 16.2. The smallest absolute Gasteiger partial charge is 0.331 e. The van der Waals surface area contributed by atoms with Crippen LogP contribution in [0.1, 0.15) is 111 Å². The number of hydrogen-bond acceptors (Lipinski definition) is 3. The van der Waals surface area contributed by atoms with Gasteiger partial charge in [-0.3, -0.25) is 0 Å². The van der Waals surface area contributed by atoms with E-state index in [1.54, 1.807) is 6.08 Å². The van der Waals surface area contributed by atoms with Crippen molar-refractivity contribution in [3.05, 3.63) is 39.5 Å². The third-order valence-electron chi connectivity index (χ3n) is 12.4. The lowest BCUT2D eigenvalue weighted by Crippen LogP contribution is -2.60. The van der Waals surface area contributed by atoms with Crippen molar-refractivity contribution in [2.75, 3.05) is 0 Å². The number of carbonyl (C=O) groups is 1. The van der Waals surface area contributed by atoms with Gasteiger partial charge in [-0.25, -0.2) is 4.79 Å². The molecule has 0 spiro atoms. The fourth-order valence-electron chi connectivity index (χ4n) is 10.4. The Kier molecular flexibility index (Phi) is 9.47. The Labute approximate surface area is 257 Å². The van der Waals surface area contributed by atoms with Crippen LogP contribution in [-0.4, -0.2) is 23.3 Å². The summed E-state index contributed by atoms with van der Waals surface area (Å²) in [6, 6.07) is 8.15. The van der Waals surface area contributed by atoms with Gasteiger partial charge in [0.05, 0.1) is 6.10 Å². The van der Waals surface area contributed by atoms with Gasteiger partial charge in [-0.2, -0.15) is 0 Å². The molecule has 0 aliphatic heterocycles. The van der Waals surface area contributed by atoms with Crippen LogP contribution in [-0.2, 0) is 9.53 Å². The number of benzene rings is 1. The van der Waals surface area contributed by atoms with E-state index in [-0.39, 0.29) is 23.6 Å². The topological polar surface area (TPSA) is 46.5 Å².